The molecule has 1 aromatic heterocycles. The Morgan fingerprint density at radius 1 is 1.11 bits per heavy atom. The SMILES string of the molecule is CCOc1ccc([C@H]2C(C(=O)OC)=CN=c3s/c(=C\c4ccc(OCC#N)cc4)c(=O)n32)cc1OCC. The number of rotatable bonds is 9. The molecule has 10 heteroatoms. The van der Waals surface area contributed by atoms with Crippen molar-refractivity contribution in [2.24, 2.45) is 4.99 Å². The number of nitriles is 1. The van der Waals surface area contributed by atoms with Crippen molar-refractivity contribution in [2.45, 2.75) is 19.9 Å². The van der Waals surface area contributed by atoms with Gasteiger partial charge in [-0.3, -0.25) is 9.36 Å². The first kappa shape index (κ1) is 25.7. The Hall–Kier alpha value is -4.36. The monoisotopic (exact) mass is 519 g/mol. The van der Waals surface area contributed by atoms with Gasteiger partial charge in [0.2, 0.25) is 0 Å². The number of carbonyl (C=O) groups excluding carboxylic acids is 1. The Kier molecular flexibility index (Phi) is 8.05. The minimum atomic E-state index is -0.762. The fourth-order valence-corrected chi connectivity index (χ4v) is 4.88. The summed E-state index contributed by atoms with van der Waals surface area (Å²) in [5.41, 5.74) is 1.37. The lowest BCUT2D eigenvalue weighted by atomic mass is 9.97. The smallest absolute Gasteiger partial charge is 0.337 e. The van der Waals surface area contributed by atoms with Crippen molar-refractivity contribution in [2.75, 3.05) is 26.9 Å². The van der Waals surface area contributed by atoms with Crippen LogP contribution in [0.15, 0.2) is 64.0 Å². The van der Waals surface area contributed by atoms with Crippen molar-refractivity contribution >= 4 is 23.4 Å². The van der Waals surface area contributed by atoms with E-state index in [-0.39, 0.29) is 17.7 Å². The normalized spacial score (nSPS) is 14.6. The van der Waals surface area contributed by atoms with Crippen LogP contribution in [0, 0.1) is 11.3 Å². The van der Waals surface area contributed by atoms with Crippen LogP contribution < -0.4 is 29.1 Å². The van der Waals surface area contributed by atoms with Gasteiger partial charge in [0.25, 0.3) is 5.56 Å². The highest BCUT2D eigenvalue weighted by Crippen LogP contribution is 2.35. The van der Waals surface area contributed by atoms with Gasteiger partial charge in [-0.2, -0.15) is 5.26 Å². The number of thiazole rings is 1. The lowest BCUT2D eigenvalue weighted by Crippen LogP contribution is -2.39. The second-order valence-electron chi connectivity index (χ2n) is 7.76. The molecular formula is C27H25N3O6S. The molecule has 2 aromatic carbocycles. The summed E-state index contributed by atoms with van der Waals surface area (Å²) in [6.45, 7) is 4.59. The lowest BCUT2D eigenvalue weighted by molar-refractivity contribution is -0.136. The Bertz CT molecular complexity index is 1550. The summed E-state index contributed by atoms with van der Waals surface area (Å²) in [4.78, 5) is 31.2. The molecule has 9 nitrogen and oxygen atoms in total. The highest BCUT2D eigenvalue weighted by molar-refractivity contribution is 7.07. The van der Waals surface area contributed by atoms with E-state index in [4.69, 9.17) is 24.2 Å². The quantitative estimate of drug-likeness (QED) is 0.400. The first-order valence-electron chi connectivity index (χ1n) is 11.6. The summed E-state index contributed by atoms with van der Waals surface area (Å²) >= 11 is 1.22. The molecule has 0 fully saturated rings. The number of ether oxygens (including phenoxy) is 4. The molecule has 190 valence electrons. The fourth-order valence-electron chi connectivity index (χ4n) is 3.91. The number of hydrogen-bond donors (Lipinski definition) is 0. The molecule has 3 aromatic rings. The van der Waals surface area contributed by atoms with Crippen molar-refractivity contribution in [3.8, 4) is 23.3 Å². The number of carbonyl (C=O) groups is 1. The van der Waals surface area contributed by atoms with E-state index in [1.54, 1.807) is 48.5 Å². The topological polar surface area (TPSA) is 112 Å². The Balaban J connectivity index is 1.82. The average Bonchev–Trinajstić information content (AvgIpc) is 3.23. The average molecular weight is 520 g/mol. The maximum atomic E-state index is 13.6. The van der Waals surface area contributed by atoms with E-state index in [1.807, 2.05) is 19.9 Å². The molecule has 1 aliphatic heterocycles. The zero-order valence-corrected chi connectivity index (χ0v) is 21.4. The minimum Gasteiger partial charge on any atom is -0.490 e. The number of fused-ring (bicyclic) bond motifs is 1. The van der Waals surface area contributed by atoms with Gasteiger partial charge < -0.3 is 18.9 Å². The molecule has 0 aliphatic carbocycles. The van der Waals surface area contributed by atoms with E-state index in [0.29, 0.717) is 45.4 Å². The first-order valence-corrected chi connectivity index (χ1v) is 12.4. The number of methoxy groups -OCH3 is 1. The maximum Gasteiger partial charge on any atom is 0.337 e. The Morgan fingerprint density at radius 3 is 2.51 bits per heavy atom. The summed E-state index contributed by atoms with van der Waals surface area (Å²) in [5.74, 6) is 1.07. The van der Waals surface area contributed by atoms with Crippen molar-refractivity contribution in [1.82, 2.24) is 4.57 Å². The zero-order valence-electron chi connectivity index (χ0n) is 20.6. The number of nitrogens with zero attached hydrogens (tertiary/aromatic N) is 3. The summed E-state index contributed by atoms with van der Waals surface area (Å²) < 4.78 is 23.7. The van der Waals surface area contributed by atoms with E-state index < -0.39 is 12.0 Å². The van der Waals surface area contributed by atoms with Crippen LogP contribution in [0.5, 0.6) is 17.2 Å². The van der Waals surface area contributed by atoms with Crippen molar-refractivity contribution in [1.29, 1.82) is 5.26 Å². The van der Waals surface area contributed by atoms with Crippen LogP contribution in [0.1, 0.15) is 31.0 Å². The van der Waals surface area contributed by atoms with Crippen LogP contribution >= 0.6 is 11.3 Å². The van der Waals surface area contributed by atoms with Crippen LogP contribution in [-0.2, 0) is 9.53 Å². The van der Waals surface area contributed by atoms with Crippen molar-refractivity contribution in [3.05, 3.63) is 85.1 Å². The molecule has 37 heavy (non-hydrogen) atoms. The molecule has 1 aliphatic rings. The molecule has 0 saturated heterocycles. The molecular weight excluding hydrogens is 494 g/mol. The van der Waals surface area contributed by atoms with Gasteiger partial charge in [0.15, 0.2) is 22.9 Å². The second-order valence-corrected chi connectivity index (χ2v) is 8.77. The molecule has 0 bridgehead atoms. The Labute approximate surface area is 217 Å². The predicted octanol–water partition coefficient (Wildman–Crippen LogP) is 2.72. The molecule has 0 saturated carbocycles. The molecule has 1 atom stereocenters. The third-order valence-electron chi connectivity index (χ3n) is 5.49. The van der Waals surface area contributed by atoms with Gasteiger partial charge in [0.05, 0.1) is 36.5 Å². The third kappa shape index (κ3) is 5.42. The van der Waals surface area contributed by atoms with E-state index in [0.717, 1.165) is 5.56 Å². The van der Waals surface area contributed by atoms with Crippen LogP contribution in [0.3, 0.4) is 0 Å². The predicted molar refractivity (Wildman–Crippen MR) is 137 cm³/mol. The largest absolute Gasteiger partial charge is 0.490 e. The van der Waals surface area contributed by atoms with Gasteiger partial charge in [0.1, 0.15) is 11.8 Å². The standard InChI is InChI=1S/C27H25N3O6S/c1-4-34-21-11-8-18(15-22(21)35-5-2)24-20(26(32)33-3)16-29-27-30(24)25(31)23(37-27)14-17-6-9-19(10-7-17)36-13-12-28/h6-11,14-16,24H,4-5,13H2,1-3H3/b23-14-/t24-/m0/s1. The molecule has 0 amide bonds. The van der Waals surface area contributed by atoms with Gasteiger partial charge in [-0.1, -0.05) is 29.5 Å². The van der Waals surface area contributed by atoms with E-state index in [9.17, 15) is 9.59 Å². The highest BCUT2D eigenvalue weighted by atomic mass is 32.1. The van der Waals surface area contributed by atoms with Gasteiger partial charge in [-0.05, 0) is 55.3 Å². The summed E-state index contributed by atoms with van der Waals surface area (Å²) in [6.07, 6.45) is 3.20. The highest BCUT2D eigenvalue weighted by Gasteiger charge is 2.31. The van der Waals surface area contributed by atoms with Gasteiger partial charge in [-0.25, -0.2) is 9.79 Å². The van der Waals surface area contributed by atoms with Crippen LogP contribution in [0.25, 0.3) is 6.08 Å². The maximum absolute atomic E-state index is 13.6. The number of esters is 1. The van der Waals surface area contributed by atoms with Crippen molar-refractivity contribution < 1.29 is 23.7 Å². The summed E-state index contributed by atoms with van der Waals surface area (Å²) in [5, 5.41) is 8.67. The van der Waals surface area contributed by atoms with Gasteiger partial charge in [0, 0.05) is 6.20 Å². The molecule has 0 radical (unpaired) electrons. The molecule has 0 unspecified atom stereocenters. The summed E-state index contributed by atoms with van der Waals surface area (Å²) in [7, 11) is 1.29. The van der Waals surface area contributed by atoms with E-state index >= 15 is 0 Å². The lowest BCUT2D eigenvalue weighted by Gasteiger charge is -2.23. The summed E-state index contributed by atoms with van der Waals surface area (Å²) in [6, 6.07) is 13.6. The van der Waals surface area contributed by atoms with Crippen LogP contribution in [0.2, 0.25) is 0 Å². The van der Waals surface area contributed by atoms with Crippen molar-refractivity contribution in [3.63, 3.8) is 0 Å². The molecule has 2 heterocycles. The van der Waals surface area contributed by atoms with Gasteiger partial charge >= 0.3 is 5.97 Å². The number of benzene rings is 2. The second kappa shape index (κ2) is 11.6. The fraction of sp³-hybridized carbons (Fsp3) is 0.259. The molecule has 4 rings (SSSR count). The van der Waals surface area contributed by atoms with Crippen LogP contribution in [-0.4, -0.2) is 37.5 Å². The minimum absolute atomic E-state index is 0.0446. The van der Waals surface area contributed by atoms with Crippen LogP contribution in [0.4, 0.5) is 0 Å². The Morgan fingerprint density at radius 2 is 1.84 bits per heavy atom. The molecule has 0 spiro atoms. The molecule has 0 N–H and O–H groups in total. The third-order valence-corrected chi connectivity index (χ3v) is 6.49. The zero-order chi connectivity index (χ0) is 26.4. The first-order chi connectivity index (χ1) is 18.0. The van der Waals surface area contributed by atoms with E-state index in [1.165, 1.54) is 29.2 Å². The number of aromatic nitrogens is 1. The van der Waals surface area contributed by atoms with Gasteiger partial charge in [-0.15, -0.1) is 0 Å². The van der Waals surface area contributed by atoms with E-state index in [2.05, 4.69) is 4.99 Å². The number of hydrogen-bond acceptors (Lipinski definition) is 9.